The van der Waals surface area contributed by atoms with Crippen molar-refractivity contribution >= 4 is 0 Å². The van der Waals surface area contributed by atoms with Gasteiger partial charge in [-0.2, -0.15) is 0 Å². The Morgan fingerprint density at radius 3 is 2.80 bits per heavy atom. The van der Waals surface area contributed by atoms with Crippen molar-refractivity contribution in [1.29, 1.82) is 0 Å². The highest BCUT2D eigenvalue weighted by atomic mass is 19.1. The molecule has 2 aromatic rings. The van der Waals surface area contributed by atoms with Crippen molar-refractivity contribution in [2.45, 2.75) is 24.9 Å². The Morgan fingerprint density at radius 2 is 2.10 bits per heavy atom. The molecule has 2 unspecified atom stereocenters. The zero-order valence-electron chi connectivity index (χ0n) is 11.3. The molecule has 3 rings (SSSR count). The maximum atomic E-state index is 13.9. The van der Waals surface area contributed by atoms with Gasteiger partial charge in [-0.1, -0.05) is 24.3 Å². The normalized spacial score (nSPS) is 18.1. The Balaban J connectivity index is 1.73. The summed E-state index contributed by atoms with van der Waals surface area (Å²) >= 11 is 0. The minimum absolute atomic E-state index is 0.322. The minimum atomic E-state index is -0.778. The molecule has 2 atom stereocenters. The highest BCUT2D eigenvalue weighted by Gasteiger charge is 2.28. The number of hydrogen-bond acceptors (Lipinski definition) is 2. The molecule has 0 bridgehead atoms. The van der Waals surface area contributed by atoms with Crippen LogP contribution in [0, 0.1) is 5.82 Å². The van der Waals surface area contributed by atoms with E-state index in [-0.39, 0.29) is 0 Å². The lowest BCUT2D eigenvalue weighted by atomic mass is 9.74. The van der Waals surface area contributed by atoms with Gasteiger partial charge in [0, 0.05) is 11.6 Å². The van der Waals surface area contributed by atoms with E-state index in [0.29, 0.717) is 23.7 Å². The van der Waals surface area contributed by atoms with Gasteiger partial charge >= 0.3 is 0 Å². The van der Waals surface area contributed by atoms with Crippen LogP contribution in [-0.2, 0) is 6.42 Å². The first-order valence-corrected chi connectivity index (χ1v) is 6.78. The summed E-state index contributed by atoms with van der Waals surface area (Å²) in [6.45, 7) is 0. The SMILES string of the molecule is COc1ccc(C(O)CC2Cc3ccccc32)c(F)c1. The van der Waals surface area contributed by atoms with E-state index in [1.165, 1.54) is 24.3 Å². The monoisotopic (exact) mass is 272 g/mol. The fraction of sp³-hybridized carbons (Fsp3) is 0.294. The predicted molar refractivity (Wildman–Crippen MR) is 75.4 cm³/mol. The van der Waals surface area contributed by atoms with Crippen LogP contribution < -0.4 is 4.74 Å². The predicted octanol–water partition coefficient (Wildman–Crippen LogP) is 3.60. The Hall–Kier alpha value is -1.87. The molecule has 0 spiro atoms. The van der Waals surface area contributed by atoms with E-state index in [2.05, 4.69) is 12.1 Å². The van der Waals surface area contributed by atoms with Gasteiger partial charge in [0.05, 0.1) is 13.2 Å². The van der Waals surface area contributed by atoms with Crippen molar-refractivity contribution in [2.75, 3.05) is 7.11 Å². The average Bonchev–Trinajstić information content (AvgIpc) is 2.44. The van der Waals surface area contributed by atoms with Gasteiger partial charge in [0.25, 0.3) is 0 Å². The van der Waals surface area contributed by atoms with Crippen molar-refractivity contribution in [3.8, 4) is 5.75 Å². The van der Waals surface area contributed by atoms with Crippen LogP contribution in [0.5, 0.6) is 5.75 Å². The molecule has 2 aromatic carbocycles. The smallest absolute Gasteiger partial charge is 0.132 e. The number of fused-ring (bicyclic) bond motifs is 1. The number of aliphatic hydroxyl groups is 1. The van der Waals surface area contributed by atoms with Crippen LogP contribution in [0.15, 0.2) is 42.5 Å². The maximum absolute atomic E-state index is 13.9. The molecular weight excluding hydrogens is 255 g/mol. The summed E-state index contributed by atoms with van der Waals surface area (Å²) in [5, 5.41) is 10.2. The van der Waals surface area contributed by atoms with E-state index in [9.17, 15) is 9.50 Å². The molecular formula is C17H17FO2. The molecule has 0 saturated carbocycles. The minimum Gasteiger partial charge on any atom is -0.497 e. The van der Waals surface area contributed by atoms with E-state index in [1.54, 1.807) is 12.1 Å². The second-order valence-electron chi connectivity index (χ2n) is 5.24. The van der Waals surface area contributed by atoms with Crippen LogP contribution in [0.2, 0.25) is 0 Å². The second-order valence-corrected chi connectivity index (χ2v) is 5.24. The van der Waals surface area contributed by atoms with Gasteiger partial charge < -0.3 is 9.84 Å². The van der Waals surface area contributed by atoms with Gasteiger partial charge in [0.15, 0.2) is 0 Å². The Morgan fingerprint density at radius 1 is 1.30 bits per heavy atom. The van der Waals surface area contributed by atoms with Crippen molar-refractivity contribution < 1.29 is 14.2 Å². The van der Waals surface area contributed by atoms with Crippen molar-refractivity contribution in [3.63, 3.8) is 0 Å². The largest absolute Gasteiger partial charge is 0.497 e. The molecule has 20 heavy (non-hydrogen) atoms. The van der Waals surface area contributed by atoms with Gasteiger partial charge in [-0.3, -0.25) is 0 Å². The number of halogens is 1. The third-order valence-corrected chi connectivity index (χ3v) is 4.04. The zero-order valence-corrected chi connectivity index (χ0v) is 11.3. The number of hydrogen-bond donors (Lipinski definition) is 1. The fourth-order valence-corrected chi connectivity index (χ4v) is 2.87. The molecule has 0 amide bonds. The number of benzene rings is 2. The summed E-state index contributed by atoms with van der Waals surface area (Å²) in [4.78, 5) is 0. The Labute approximate surface area is 117 Å². The van der Waals surface area contributed by atoms with E-state index < -0.39 is 11.9 Å². The van der Waals surface area contributed by atoms with Gasteiger partial charge in [0.1, 0.15) is 11.6 Å². The van der Waals surface area contributed by atoms with E-state index in [0.717, 1.165) is 6.42 Å². The van der Waals surface area contributed by atoms with Crippen LogP contribution in [0.3, 0.4) is 0 Å². The fourth-order valence-electron chi connectivity index (χ4n) is 2.87. The van der Waals surface area contributed by atoms with E-state index in [4.69, 9.17) is 4.74 Å². The lowest BCUT2D eigenvalue weighted by Gasteiger charge is -2.31. The van der Waals surface area contributed by atoms with Crippen molar-refractivity contribution in [2.24, 2.45) is 0 Å². The summed E-state index contributed by atoms with van der Waals surface area (Å²) < 4.78 is 18.9. The molecule has 0 saturated heterocycles. The summed E-state index contributed by atoms with van der Waals surface area (Å²) in [5.74, 6) is 0.375. The average molecular weight is 272 g/mol. The van der Waals surface area contributed by atoms with Crippen LogP contribution in [0.1, 0.15) is 35.1 Å². The first-order valence-electron chi connectivity index (χ1n) is 6.78. The zero-order chi connectivity index (χ0) is 14.1. The number of ether oxygens (including phenoxy) is 1. The lowest BCUT2D eigenvalue weighted by molar-refractivity contribution is 0.149. The maximum Gasteiger partial charge on any atom is 0.132 e. The molecule has 3 heteroatoms. The quantitative estimate of drug-likeness (QED) is 0.921. The summed E-state index contributed by atoms with van der Waals surface area (Å²) in [6.07, 6.45) is 0.741. The Kier molecular flexibility index (Phi) is 3.45. The summed E-state index contributed by atoms with van der Waals surface area (Å²) in [5.41, 5.74) is 2.95. The molecule has 0 fully saturated rings. The topological polar surface area (TPSA) is 29.5 Å². The van der Waals surface area contributed by atoms with Crippen molar-refractivity contribution in [1.82, 2.24) is 0 Å². The van der Waals surface area contributed by atoms with E-state index >= 15 is 0 Å². The molecule has 0 heterocycles. The molecule has 104 valence electrons. The van der Waals surface area contributed by atoms with Crippen LogP contribution in [0.25, 0.3) is 0 Å². The van der Waals surface area contributed by atoms with Gasteiger partial charge in [-0.25, -0.2) is 4.39 Å². The van der Waals surface area contributed by atoms with Crippen LogP contribution in [0.4, 0.5) is 4.39 Å². The molecule has 0 radical (unpaired) electrons. The number of aliphatic hydroxyl groups excluding tert-OH is 1. The van der Waals surface area contributed by atoms with Gasteiger partial charge in [0.2, 0.25) is 0 Å². The summed E-state index contributed by atoms with van der Waals surface area (Å²) in [6, 6.07) is 12.8. The third kappa shape index (κ3) is 2.29. The Bertz CT molecular complexity index is 624. The highest BCUT2D eigenvalue weighted by molar-refractivity contribution is 5.40. The standard InChI is InChI=1S/C17H17FO2/c1-20-13-6-7-15(16(18)10-13)17(19)9-12-8-11-4-2-3-5-14(11)12/h2-7,10,12,17,19H,8-9H2,1H3. The molecule has 1 aliphatic carbocycles. The molecule has 0 aromatic heterocycles. The molecule has 2 nitrogen and oxygen atoms in total. The molecule has 0 aliphatic heterocycles. The number of methoxy groups -OCH3 is 1. The van der Waals surface area contributed by atoms with E-state index in [1.807, 2.05) is 12.1 Å². The highest BCUT2D eigenvalue weighted by Crippen LogP contribution is 2.41. The molecule has 1 aliphatic rings. The first kappa shape index (κ1) is 13.1. The lowest BCUT2D eigenvalue weighted by Crippen LogP contribution is -2.19. The van der Waals surface area contributed by atoms with Crippen LogP contribution >= 0.6 is 0 Å². The van der Waals surface area contributed by atoms with Gasteiger partial charge in [-0.15, -0.1) is 0 Å². The third-order valence-electron chi connectivity index (χ3n) is 4.04. The van der Waals surface area contributed by atoms with Gasteiger partial charge in [-0.05, 0) is 42.0 Å². The number of rotatable bonds is 4. The van der Waals surface area contributed by atoms with Crippen molar-refractivity contribution in [3.05, 3.63) is 65.0 Å². The van der Waals surface area contributed by atoms with Crippen LogP contribution in [-0.4, -0.2) is 12.2 Å². The summed E-state index contributed by atoms with van der Waals surface area (Å²) in [7, 11) is 1.50. The second kappa shape index (κ2) is 5.25. The molecule has 1 N–H and O–H groups in total. The first-order chi connectivity index (χ1) is 9.69.